The van der Waals surface area contributed by atoms with Gasteiger partial charge in [-0.2, -0.15) is 0 Å². The van der Waals surface area contributed by atoms with Gasteiger partial charge in [-0.3, -0.25) is 14.2 Å². The van der Waals surface area contributed by atoms with Gasteiger partial charge in [0.15, 0.2) is 0 Å². The Morgan fingerprint density at radius 3 is 2.96 bits per heavy atom. The zero-order chi connectivity index (χ0) is 20.1. The second-order valence-electron chi connectivity index (χ2n) is 6.69. The molecule has 0 aliphatic rings. The summed E-state index contributed by atoms with van der Waals surface area (Å²) in [5.41, 5.74) is 0.517. The molecule has 0 aliphatic heterocycles. The first-order valence-corrected chi connectivity index (χ1v) is 9.96. The SMILES string of the molecule is CC(C)Oc1cccc(C(O)CNC(=O)CCn2cnc3sccc3c2=O)c1. The minimum atomic E-state index is -0.841. The van der Waals surface area contributed by atoms with Crippen LogP contribution in [0.15, 0.2) is 46.8 Å². The summed E-state index contributed by atoms with van der Waals surface area (Å²) in [7, 11) is 0. The van der Waals surface area contributed by atoms with Crippen molar-refractivity contribution in [3.05, 3.63) is 58.0 Å². The Labute approximate surface area is 166 Å². The van der Waals surface area contributed by atoms with Crippen LogP contribution in [0, 0.1) is 0 Å². The van der Waals surface area contributed by atoms with Crippen LogP contribution in [0.5, 0.6) is 5.75 Å². The number of nitrogens with zero attached hydrogens (tertiary/aromatic N) is 2. The number of amides is 1. The van der Waals surface area contributed by atoms with Crippen LogP contribution in [-0.4, -0.2) is 33.2 Å². The number of hydrogen-bond acceptors (Lipinski definition) is 6. The molecule has 8 heteroatoms. The maximum Gasteiger partial charge on any atom is 0.262 e. The summed E-state index contributed by atoms with van der Waals surface area (Å²) in [5, 5.41) is 15.4. The summed E-state index contributed by atoms with van der Waals surface area (Å²) in [6, 6.07) is 8.91. The Balaban J connectivity index is 1.52. The zero-order valence-corrected chi connectivity index (χ0v) is 16.6. The van der Waals surface area contributed by atoms with Gasteiger partial charge in [0.2, 0.25) is 5.91 Å². The van der Waals surface area contributed by atoms with Gasteiger partial charge in [-0.15, -0.1) is 11.3 Å². The third-order valence-electron chi connectivity index (χ3n) is 4.14. The Bertz CT molecular complexity index is 1010. The molecule has 28 heavy (non-hydrogen) atoms. The van der Waals surface area contributed by atoms with Gasteiger partial charge < -0.3 is 15.2 Å². The van der Waals surface area contributed by atoms with Crippen LogP contribution in [0.4, 0.5) is 0 Å². The molecule has 0 saturated carbocycles. The van der Waals surface area contributed by atoms with E-state index in [0.29, 0.717) is 21.5 Å². The van der Waals surface area contributed by atoms with E-state index in [1.165, 1.54) is 22.2 Å². The minimum Gasteiger partial charge on any atom is -0.491 e. The van der Waals surface area contributed by atoms with Crippen molar-refractivity contribution >= 4 is 27.5 Å². The predicted octanol–water partition coefficient (Wildman–Crippen LogP) is 2.49. The highest BCUT2D eigenvalue weighted by atomic mass is 32.1. The normalized spacial score (nSPS) is 12.3. The van der Waals surface area contributed by atoms with Gasteiger partial charge in [-0.25, -0.2) is 4.98 Å². The number of carbonyl (C=O) groups excluding carboxylic acids is 1. The van der Waals surface area contributed by atoms with E-state index in [4.69, 9.17) is 4.74 Å². The summed E-state index contributed by atoms with van der Waals surface area (Å²) in [4.78, 5) is 29.3. The van der Waals surface area contributed by atoms with Gasteiger partial charge in [-0.1, -0.05) is 12.1 Å². The number of aliphatic hydroxyl groups excluding tert-OH is 1. The maximum atomic E-state index is 12.3. The number of hydrogen-bond donors (Lipinski definition) is 2. The van der Waals surface area contributed by atoms with Crippen molar-refractivity contribution in [1.82, 2.24) is 14.9 Å². The van der Waals surface area contributed by atoms with E-state index in [0.717, 1.165) is 0 Å². The van der Waals surface area contributed by atoms with Crippen molar-refractivity contribution in [3.8, 4) is 5.75 Å². The van der Waals surface area contributed by atoms with Gasteiger partial charge in [0.1, 0.15) is 10.6 Å². The number of aromatic nitrogens is 2. The highest BCUT2D eigenvalue weighted by Gasteiger charge is 2.12. The molecule has 0 radical (unpaired) electrons. The number of carbonyl (C=O) groups is 1. The van der Waals surface area contributed by atoms with Crippen molar-refractivity contribution in [2.24, 2.45) is 0 Å². The van der Waals surface area contributed by atoms with Crippen molar-refractivity contribution in [2.45, 2.75) is 39.0 Å². The standard InChI is InChI=1S/C20H23N3O4S/c1-13(2)27-15-5-3-4-14(10-15)17(24)11-21-18(25)6-8-23-12-22-19-16(20(23)26)7-9-28-19/h3-5,7,9-10,12-13,17,24H,6,8,11H2,1-2H3,(H,21,25). The lowest BCUT2D eigenvalue weighted by atomic mass is 10.1. The van der Waals surface area contributed by atoms with E-state index in [2.05, 4.69) is 10.3 Å². The summed E-state index contributed by atoms with van der Waals surface area (Å²) >= 11 is 1.41. The van der Waals surface area contributed by atoms with Gasteiger partial charge in [-0.05, 0) is 43.0 Å². The number of fused-ring (bicyclic) bond motifs is 1. The van der Waals surface area contributed by atoms with Crippen LogP contribution in [0.2, 0.25) is 0 Å². The Morgan fingerprint density at radius 2 is 2.18 bits per heavy atom. The summed E-state index contributed by atoms with van der Waals surface area (Å²) in [6.45, 7) is 4.18. The smallest absolute Gasteiger partial charge is 0.262 e. The van der Waals surface area contributed by atoms with Crippen LogP contribution in [0.25, 0.3) is 10.2 Å². The predicted molar refractivity (Wildman–Crippen MR) is 109 cm³/mol. The molecule has 7 nitrogen and oxygen atoms in total. The lowest BCUT2D eigenvalue weighted by molar-refractivity contribution is -0.121. The van der Waals surface area contributed by atoms with Crippen molar-refractivity contribution in [3.63, 3.8) is 0 Å². The number of rotatable bonds is 8. The molecular weight excluding hydrogens is 378 g/mol. The van der Waals surface area contributed by atoms with Crippen LogP contribution >= 0.6 is 11.3 Å². The van der Waals surface area contributed by atoms with E-state index in [1.54, 1.807) is 24.3 Å². The van der Waals surface area contributed by atoms with Crippen molar-refractivity contribution < 1.29 is 14.6 Å². The Kier molecular flexibility index (Phi) is 6.43. The molecule has 2 aromatic heterocycles. The molecule has 2 N–H and O–H groups in total. The molecule has 0 aliphatic carbocycles. The van der Waals surface area contributed by atoms with Gasteiger partial charge >= 0.3 is 0 Å². The third kappa shape index (κ3) is 4.96. The molecule has 0 fully saturated rings. The highest BCUT2D eigenvalue weighted by molar-refractivity contribution is 7.16. The fourth-order valence-corrected chi connectivity index (χ4v) is 3.48. The van der Waals surface area contributed by atoms with E-state index in [-0.39, 0.29) is 37.1 Å². The molecular formula is C20H23N3O4S. The Morgan fingerprint density at radius 1 is 1.36 bits per heavy atom. The average Bonchev–Trinajstić information content (AvgIpc) is 3.15. The number of aliphatic hydroxyl groups is 1. The largest absolute Gasteiger partial charge is 0.491 e. The zero-order valence-electron chi connectivity index (χ0n) is 15.8. The van der Waals surface area contributed by atoms with E-state index < -0.39 is 6.10 Å². The molecule has 0 spiro atoms. The summed E-state index contributed by atoms with van der Waals surface area (Å²) in [6.07, 6.45) is 0.786. The molecule has 3 aromatic rings. The minimum absolute atomic E-state index is 0.0401. The second kappa shape index (κ2) is 8.99. The number of nitrogens with one attached hydrogen (secondary N) is 1. The van der Waals surface area contributed by atoms with Gasteiger partial charge in [0.25, 0.3) is 5.56 Å². The number of benzene rings is 1. The highest BCUT2D eigenvalue weighted by Crippen LogP contribution is 2.20. The monoisotopic (exact) mass is 401 g/mol. The fourth-order valence-electron chi connectivity index (χ4n) is 2.76. The number of ether oxygens (including phenoxy) is 1. The fraction of sp³-hybridized carbons (Fsp3) is 0.350. The first-order valence-electron chi connectivity index (χ1n) is 9.08. The Hall–Kier alpha value is -2.71. The molecule has 0 bridgehead atoms. The quantitative estimate of drug-likeness (QED) is 0.605. The summed E-state index contributed by atoms with van der Waals surface area (Å²) in [5.74, 6) is 0.430. The van der Waals surface area contributed by atoms with Crippen LogP contribution in [0.1, 0.15) is 31.9 Å². The first-order chi connectivity index (χ1) is 13.4. The molecule has 0 saturated heterocycles. The van der Waals surface area contributed by atoms with E-state index >= 15 is 0 Å². The molecule has 3 rings (SSSR count). The van der Waals surface area contributed by atoms with E-state index in [9.17, 15) is 14.7 Å². The lowest BCUT2D eigenvalue weighted by Crippen LogP contribution is -2.30. The van der Waals surface area contributed by atoms with Crippen molar-refractivity contribution in [1.29, 1.82) is 0 Å². The average molecular weight is 401 g/mol. The second-order valence-corrected chi connectivity index (χ2v) is 7.59. The molecule has 1 amide bonds. The third-order valence-corrected chi connectivity index (χ3v) is 4.96. The lowest BCUT2D eigenvalue weighted by Gasteiger charge is -2.15. The number of aryl methyl sites for hydroxylation is 1. The van der Waals surface area contributed by atoms with E-state index in [1.807, 2.05) is 25.3 Å². The van der Waals surface area contributed by atoms with Gasteiger partial charge in [0.05, 0.1) is 23.9 Å². The topological polar surface area (TPSA) is 93.4 Å². The van der Waals surface area contributed by atoms with Gasteiger partial charge in [0, 0.05) is 19.5 Å². The summed E-state index contributed by atoms with van der Waals surface area (Å²) < 4.78 is 7.05. The molecule has 148 valence electrons. The van der Waals surface area contributed by atoms with Crippen LogP contribution in [-0.2, 0) is 11.3 Å². The maximum absolute atomic E-state index is 12.3. The van der Waals surface area contributed by atoms with Crippen LogP contribution in [0.3, 0.4) is 0 Å². The first kappa shape index (κ1) is 20.0. The van der Waals surface area contributed by atoms with Crippen molar-refractivity contribution in [2.75, 3.05) is 6.54 Å². The molecule has 1 aromatic carbocycles. The molecule has 1 unspecified atom stereocenters. The van der Waals surface area contributed by atoms with Crippen LogP contribution < -0.4 is 15.6 Å². The number of thiophene rings is 1. The molecule has 2 heterocycles. The molecule has 1 atom stereocenters.